The summed E-state index contributed by atoms with van der Waals surface area (Å²) in [7, 11) is 0. The fourth-order valence-corrected chi connectivity index (χ4v) is 7.72. The van der Waals surface area contributed by atoms with Gasteiger partial charge in [0, 0.05) is 24.3 Å². The second kappa shape index (κ2) is 13.3. The zero-order valence-corrected chi connectivity index (χ0v) is 26.1. The summed E-state index contributed by atoms with van der Waals surface area (Å²) in [6, 6.07) is 4.17. The normalized spacial score (nSPS) is 28.3. The minimum Gasteiger partial charge on any atom is -0.460 e. The molecular weight excluding hydrogens is 630 g/mol. The number of para-hydroxylation sites is 1. The molecule has 3 fully saturated rings. The van der Waals surface area contributed by atoms with Crippen LogP contribution in [0, 0.1) is 18.8 Å². The fraction of sp³-hybridized carbons (Fsp3) is 0.533. The molecule has 42 heavy (non-hydrogen) atoms. The van der Waals surface area contributed by atoms with Gasteiger partial charge in [-0.3, -0.25) is 19.2 Å². The Labute approximate surface area is 259 Å². The number of carbonyl (C=O) groups excluding carboxylic acids is 4. The molecule has 7 atom stereocenters. The molecule has 0 aliphatic carbocycles. The molecule has 3 heterocycles. The van der Waals surface area contributed by atoms with Crippen molar-refractivity contribution in [2.75, 3.05) is 31.1 Å². The molecule has 10 nitrogen and oxygen atoms in total. The van der Waals surface area contributed by atoms with E-state index in [4.69, 9.17) is 21.1 Å². The Hall–Kier alpha value is -2.73. The minimum absolute atomic E-state index is 0.104. The number of halogens is 2. The van der Waals surface area contributed by atoms with Crippen LogP contribution >= 0.6 is 27.5 Å². The predicted octanol–water partition coefficient (Wildman–Crippen LogP) is 2.92. The Morgan fingerprint density at radius 3 is 2.74 bits per heavy atom. The third kappa shape index (κ3) is 5.76. The van der Waals surface area contributed by atoms with Crippen molar-refractivity contribution >= 4 is 56.9 Å². The summed E-state index contributed by atoms with van der Waals surface area (Å²) in [5.41, 5.74) is -0.0854. The molecule has 3 amide bonds. The number of amides is 3. The van der Waals surface area contributed by atoms with Crippen molar-refractivity contribution in [3.63, 3.8) is 0 Å². The minimum atomic E-state index is -1.33. The van der Waals surface area contributed by atoms with Gasteiger partial charge in [-0.15, -0.1) is 13.2 Å². The summed E-state index contributed by atoms with van der Waals surface area (Å²) >= 11 is 10.2. The number of hydrogen-bond donors (Lipinski definition) is 2. The van der Waals surface area contributed by atoms with Gasteiger partial charge in [0.15, 0.2) is 0 Å². The van der Waals surface area contributed by atoms with Crippen LogP contribution in [0.1, 0.15) is 31.7 Å². The van der Waals surface area contributed by atoms with E-state index in [1.165, 1.54) is 9.80 Å². The molecule has 0 saturated carbocycles. The monoisotopic (exact) mass is 665 g/mol. The Morgan fingerprint density at radius 2 is 2.10 bits per heavy atom. The molecular formula is C30H37BrClN3O7. The predicted molar refractivity (Wildman–Crippen MR) is 161 cm³/mol. The molecule has 2 N–H and O–H groups in total. The van der Waals surface area contributed by atoms with Crippen molar-refractivity contribution in [2.45, 2.75) is 61.8 Å². The summed E-state index contributed by atoms with van der Waals surface area (Å²) in [6.07, 6.45) is 2.96. The number of likely N-dealkylation sites (tertiary alicyclic amines) is 1. The lowest BCUT2D eigenvalue weighted by molar-refractivity contribution is -0.159. The van der Waals surface area contributed by atoms with E-state index < -0.39 is 53.5 Å². The number of esters is 1. The van der Waals surface area contributed by atoms with Crippen LogP contribution in [0.2, 0.25) is 5.02 Å². The number of benzene rings is 1. The Kier molecular flexibility index (Phi) is 10.2. The van der Waals surface area contributed by atoms with Gasteiger partial charge < -0.3 is 29.7 Å². The average molecular weight is 667 g/mol. The number of nitrogens with zero attached hydrogens (tertiary/aromatic N) is 2. The van der Waals surface area contributed by atoms with Crippen LogP contribution in [0.4, 0.5) is 5.69 Å². The highest BCUT2D eigenvalue weighted by Gasteiger charge is 2.77. The van der Waals surface area contributed by atoms with Crippen LogP contribution in [0.15, 0.2) is 43.5 Å². The average Bonchev–Trinajstić information content (AvgIpc) is 3.53. The van der Waals surface area contributed by atoms with Crippen LogP contribution in [-0.2, 0) is 28.7 Å². The van der Waals surface area contributed by atoms with Crippen LogP contribution in [0.25, 0.3) is 0 Å². The molecule has 3 saturated heterocycles. The number of hydrogen-bond acceptors (Lipinski definition) is 7. The number of β-amino-alcohol motifs (C(OH)–C–C–N with tert-alkyl or cyclic N) is 1. The fourth-order valence-electron chi connectivity index (χ4n) is 6.46. The van der Waals surface area contributed by atoms with Gasteiger partial charge in [-0.2, -0.15) is 0 Å². The van der Waals surface area contributed by atoms with E-state index in [9.17, 15) is 24.3 Å². The summed E-state index contributed by atoms with van der Waals surface area (Å²) in [6.45, 7) is 10.6. The van der Waals surface area contributed by atoms with Gasteiger partial charge in [0.25, 0.3) is 5.91 Å². The number of anilines is 1. The van der Waals surface area contributed by atoms with Gasteiger partial charge in [0.1, 0.15) is 17.7 Å². The molecule has 2 bridgehead atoms. The quantitative estimate of drug-likeness (QED) is 0.189. The van der Waals surface area contributed by atoms with Gasteiger partial charge in [-0.1, -0.05) is 51.8 Å². The number of rotatable bonds is 13. The highest BCUT2D eigenvalue weighted by Crippen LogP contribution is 2.60. The van der Waals surface area contributed by atoms with E-state index in [1.54, 1.807) is 31.2 Å². The molecule has 0 aromatic heterocycles. The van der Waals surface area contributed by atoms with Gasteiger partial charge in [-0.05, 0) is 38.3 Å². The van der Waals surface area contributed by atoms with E-state index in [1.807, 2.05) is 13.0 Å². The van der Waals surface area contributed by atoms with E-state index in [0.29, 0.717) is 23.6 Å². The lowest BCUT2D eigenvalue weighted by Gasteiger charge is -2.37. The number of alkyl halides is 1. The van der Waals surface area contributed by atoms with E-state index in [0.717, 1.165) is 5.56 Å². The first-order valence-corrected chi connectivity index (χ1v) is 15.3. The molecule has 12 heteroatoms. The number of aliphatic hydroxyl groups is 1. The molecule has 1 spiro atoms. The molecule has 3 aliphatic rings. The van der Waals surface area contributed by atoms with Crippen molar-refractivity contribution in [2.24, 2.45) is 11.8 Å². The maximum absolute atomic E-state index is 14.5. The summed E-state index contributed by atoms with van der Waals surface area (Å²) < 4.78 is 12.2. The third-order valence-electron chi connectivity index (χ3n) is 8.15. The second-order valence-corrected chi connectivity index (χ2v) is 12.5. The topological polar surface area (TPSA) is 125 Å². The lowest BCUT2D eigenvalue weighted by atomic mass is 9.70. The first-order chi connectivity index (χ1) is 20.0. The van der Waals surface area contributed by atoms with Crippen LogP contribution in [-0.4, -0.2) is 88.6 Å². The first-order valence-electron chi connectivity index (χ1n) is 14.0. The van der Waals surface area contributed by atoms with E-state index in [2.05, 4.69) is 34.4 Å². The van der Waals surface area contributed by atoms with Crippen molar-refractivity contribution in [3.8, 4) is 0 Å². The number of aryl methyl sites for hydroxylation is 1. The van der Waals surface area contributed by atoms with Gasteiger partial charge in [0.05, 0.1) is 41.8 Å². The van der Waals surface area contributed by atoms with Crippen molar-refractivity contribution in [3.05, 3.63) is 54.1 Å². The SMILES string of the molecule is C=CCCC(=O)NC[C@@H](C)OC(=O)[C@H]1[C@@H]2O[C@@]3(CC2Br)[C@@H]1C(=O)N(CCO)[C@@H]3C(=O)N(CC=C)c1c(C)cccc1Cl. The van der Waals surface area contributed by atoms with Crippen LogP contribution < -0.4 is 10.2 Å². The van der Waals surface area contributed by atoms with Gasteiger partial charge >= 0.3 is 5.97 Å². The maximum atomic E-state index is 14.5. The van der Waals surface area contributed by atoms with Crippen molar-refractivity contribution in [1.29, 1.82) is 0 Å². The Morgan fingerprint density at radius 1 is 1.36 bits per heavy atom. The Balaban J connectivity index is 1.64. The molecule has 4 rings (SSSR count). The number of ether oxygens (including phenoxy) is 2. The lowest BCUT2D eigenvalue weighted by Crippen LogP contribution is -2.57. The standard InChI is InChI=1S/C30H37BrClN3O7/c1-5-7-11-21(37)33-16-18(4)41-29(40)22-23-27(38)35(13-14-36)26(30(23)15-19(31)25(22)42-30)28(39)34(12-6-2)24-17(3)9-8-10-20(24)32/h5-6,8-10,18-19,22-23,25-26,36H,1-2,7,11-16H2,3-4H3,(H,33,37)/t18-,19?,22-,23+,25-,26-,30+/m1/s1. The smallest absolute Gasteiger partial charge is 0.312 e. The second-order valence-electron chi connectivity index (χ2n) is 10.9. The number of aliphatic hydroxyl groups excluding tert-OH is 1. The first kappa shape index (κ1) is 32.2. The van der Waals surface area contributed by atoms with Crippen molar-refractivity contribution < 1.29 is 33.8 Å². The maximum Gasteiger partial charge on any atom is 0.312 e. The van der Waals surface area contributed by atoms with Gasteiger partial charge in [-0.25, -0.2) is 0 Å². The summed E-state index contributed by atoms with van der Waals surface area (Å²) in [5, 5.41) is 13.0. The molecule has 3 aliphatic heterocycles. The highest BCUT2D eigenvalue weighted by molar-refractivity contribution is 9.09. The number of allylic oxidation sites excluding steroid dienone is 1. The Bertz CT molecular complexity index is 1240. The zero-order valence-electron chi connectivity index (χ0n) is 23.8. The molecule has 0 radical (unpaired) electrons. The van der Waals surface area contributed by atoms with E-state index >= 15 is 0 Å². The summed E-state index contributed by atoms with van der Waals surface area (Å²) in [4.78, 5) is 56.5. The number of carbonyl (C=O) groups is 4. The van der Waals surface area contributed by atoms with Crippen molar-refractivity contribution in [1.82, 2.24) is 10.2 Å². The molecule has 1 aromatic carbocycles. The largest absolute Gasteiger partial charge is 0.460 e. The molecule has 228 valence electrons. The summed E-state index contributed by atoms with van der Waals surface area (Å²) in [5.74, 6) is -3.70. The van der Waals surface area contributed by atoms with Crippen LogP contribution in [0.5, 0.6) is 0 Å². The number of nitrogens with one attached hydrogen (secondary N) is 1. The van der Waals surface area contributed by atoms with E-state index in [-0.39, 0.29) is 43.4 Å². The van der Waals surface area contributed by atoms with Crippen LogP contribution in [0.3, 0.4) is 0 Å². The number of fused-ring (bicyclic) bond motifs is 1. The molecule has 1 unspecified atom stereocenters. The highest BCUT2D eigenvalue weighted by atomic mass is 79.9. The zero-order chi connectivity index (χ0) is 30.8. The third-order valence-corrected chi connectivity index (χ3v) is 9.30. The molecule has 1 aromatic rings. The van der Waals surface area contributed by atoms with Gasteiger partial charge in [0.2, 0.25) is 11.8 Å².